The molecule has 4 aromatic rings. The van der Waals surface area contributed by atoms with Gasteiger partial charge in [-0.15, -0.1) is 22.7 Å². The molecule has 1 N–H and O–H groups in total. The predicted octanol–water partition coefficient (Wildman–Crippen LogP) is 5.84. The third kappa shape index (κ3) is 4.93. The van der Waals surface area contributed by atoms with E-state index in [9.17, 15) is 4.79 Å². The van der Waals surface area contributed by atoms with Crippen molar-refractivity contribution in [1.82, 2.24) is 9.97 Å². The van der Waals surface area contributed by atoms with E-state index in [0.717, 1.165) is 22.7 Å². The molecule has 1 atom stereocenters. The summed E-state index contributed by atoms with van der Waals surface area (Å²) in [4.78, 5) is 21.2. The Morgan fingerprint density at radius 1 is 1.00 bits per heavy atom. The smallest absolute Gasteiger partial charge is 0.357 e. The summed E-state index contributed by atoms with van der Waals surface area (Å²) < 4.78 is 5.05. The van der Waals surface area contributed by atoms with E-state index < -0.39 is 5.97 Å². The molecule has 152 valence electrons. The van der Waals surface area contributed by atoms with Gasteiger partial charge < -0.3 is 10.1 Å². The number of carbonyl (C=O) groups excluding carboxylic acids is 1. The molecule has 0 unspecified atom stereocenters. The maximum absolute atomic E-state index is 11.9. The van der Waals surface area contributed by atoms with E-state index in [1.807, 2.05) is 36.4 Å². The molecule has 7 heteroatoms. The van der Waals surface area contributed by atoms with Gasteiger partial charge in [0.05, 0.1) is 18.3 Å². The van der Waals surface area contributed by atoms with Gasteiger partial charge in [0, 0.05) is 16.3 Å². The van der Waals surface area contributed by atoms with Gasteiger partial charge in [-0.25, -0.2) is 14.8 Å². The number of ether oxygens (including phenoxy) is 1. The van der Waals surface area contributed by atoms with Crippen LogP contribution in [0.2, 0.25) is 0 Å². The van der Waals surface area contributed by atoms with Crippen LogP contribution in [-0.2, 0) is 11.2 Å². The Bertz CT molecular complexity index is 1090. The summed E-state index contributed by atoms with van der Waals surface area (Å²) in [6, 6.07) is 20.4. The number of hydrogen-bond donors (Lipinski definition) is 1. The van der Waals surface area contributed by atoms with Gasteiger partial charge >= 0.3 is 5.97 Å². The zero-order valence-electron chi connectivity index (χ0n) is 16.4. The van der Waals surface area contributed by atoms with Crippen molar-refractivity contribution in [2.45, 2.75) is 19.4 Å². The van der Waals surface area contributed by atoms with Crippen molar-refractivity contribution in [1.29, 1.82) is 0 Å². The highest BCUT2D eigenvalue weighted by molar-refractivity contribution is 7.14. The second-order valence-corrected chi connectivity index (χ2v) is 8.30. The second-order valence-electron chi connectivity index (χ2n) is 6.59. The summed E-state index contributed by atoms with van der Waals surface area (Å²) in [5.74, 6) is -0.401. The number of esters is 1. The van der Waals surface area contributed by atoms with E-state index in [2.05, 4.69) is 39.9 Å². The maximum atomic E-state index is 11.9. The molecule has 2 aromatic heterocycles. The SMILES string of the molecule is CCOC(=O)c1csc(N[C@@H](Cc2ccccc2)c2csc(-c3ccccc3)n2)n1. The average molecular weight is 436 g/mol. The lowest BCUT2D eigenvalue weighted by atomic mass is 10.0. The average Bonchev–Trinajstić information content (AvgIpc) is 3.45. The summed E-state index contributed by atoms with van der Waals surface area (Å²) in [7, 11) is 0. The highest BCUT2D eigenvalue weighted by Gasteiger charge is 2.19. The van der Waals surface area contributed by atoms with Crippen LogP contribution in [-0.4, -0.2) is 22.5 Å². The number of anilines is 1. The first-order valence-corrected chi connectivity index (χ1v) is 11.4. The molecule has 4 rings (SSSR count). The Morgan fingerprint density at radius 2 is 1.73 bits per heavy atom. The Morgan fingerprint density at radius 3 is 2.47 bits per heavy atom. The van der Waals surface area contributed by atoms with E-state index in [1.165, 1.54) is 16.9 Å². The van der Waals surface area contributed by atoms with Gasteiger partial charge in [-0.3, -0.25) is 0 Å². The molecular weight excluding hydrogens is 414 g/mol. The highest BCUT2D eigenvalue weighted by Crippen LogP contribution is 2.30. The summed E-state index contributed by atoms with van der Waals surface area (Å²) in [5, 5.41) is 8.93. The fourth-order valence-corrected chi connectivity index (χ4v) is 4.64. The number of aromatic nitrogens is 2. The molecule has 2 aromatic carbocycles. The van der Waals surface area contributed by atoms with Gasteiger partial charge in [-0.2, -0.15) is 0 Å². The zero-order chi connectivity index (χ0) is 20.8. The minimum Gasteiger partial charge on any atom is -0.461 e. The van der Waals surface area contributed by atoms with E-state index in [-0.39, 0.29) is 6.04 Å². The molecule has 0 spiro atoms. The molecule has 0 amide bonds. The molecule has 5 nitrogen and oxygen atoms in total. The molecule has 2 heterocycles. The van der Waals surface area contributed by atoms with Crippen molar-refractivity contribution < 1.29 is 9.53 Å². The number of nitrogens with one attached hydrogen (secondary N) is 1. The quantitative estimate of drug-likeness (QED) is 0.352. The first-order valence-electron chi connectivity index (χ1n) is 9.67. The van der Waals surface area contributed by atoms with E-state index in [4.69, 9.17) is 9.72 Å². The van der Waals surface area contributed by atoms with Gasteiger partial charge in [0.15, 0.2) is 10.8 Å². The molecule has 0 fully saturated rings. The van der Waals surface area contributed by atoms with Crippen LogP contribution in [0, 0.1) is 0 Å². The fourth-order valence-electron chi connectivity index (χ4n) is 3.03. The number of thiazole rings is 2. The van der Waals surface area contributed by atoms with Crippen LogP contribution >= 0.6 is 22.7 Å². The van der Waals surface area contributed by atoms with Crippen molar-refractivity contribution in [2.24, 2.45) is 0 Å². The predicted molar refractivity (Wildman–Crippen MR) is 122 cm³/mol. The molecule has 0 aliphatic carbocycles. The number of benzene rings is 2. The van der Waals surface area contributed by atoms with Gasteiger partial charge in [0.2, 0.25) is 0 Å². The molecular formula is C23H21N3O2S2. The number of hydrogen-bond acceptors (Lipinski definition) is 7. The van der Waals surface area contributed by atoms with Gasteiger partial charge in [0.1, 0.15) is 5.01 Å². The number of rotatable bonds is 8. The fraction of sp³-hybridized carbons (Fsp3) is 0.174. The molecule has 0 saturated heterocycles. The van der Waals surface area contributed by atoms with E-state index >= 15 is 0 Å². The topological polar surface area (TPSA) is 64.1 Å². The zero-order valence-corrected chi connectivity index (χ0v) is 18.1. The highest BCUT2D eigenvalue weighted by atomic mass is 32.1. The molecule has 30 heavy (non-hydrogen) atoms. The molecule has 0 aliphatic rings. The standard InChI is InChI=1S/C23H21N3O2S2/c1-2-28-22(27)20-15-30-23(26-20)25-18(13-16-9-5-3-6-10-16)19-14-29-21(24-19)17-11-7-4-8-12-17/h3-12,14-15,18H,2,13H2,1H3,(H,25,26)/t18-/m0/s1. The molecule has 0 saturated carbocycles. The van der Waals surface area contributed by atoms with E-state index in [1.54, 1.807) is 23.6 Å². The monoisotopic (exact) mass is 435 g/mol. The van der Waals surface area contributed by atoms with Crippen LogP contribution in [0.15, 0.2) is 71.4 Å². The first kappa shape index (κ1) is 20.3. The third-order valence-electron chi connectivity index (χ3n) is 4.47. The van der Waals surface area contributed by atoms with Crippen molar-refractivity contribution in [3.8, 4) is 10.6 Å². The summed E-state index contributed by atoms with van der Waals surface area (Å²) >= 11 is 3.02. The van der Waals surface area contributed by atoms with Crippen molar-refractivity contribution in [3.63, 3.8) is 0 Å². The van der Waals surface area contributed by atoms with Gasteiger partial charge in [0.25, 0.3) is 0 Å². The number of nitrogens with zero attached hydrogens (tertiary/aromatic N) is 2. The summed E-state index contributed by atoms with van der Waals surface area (Å²) in [5.41, 5.74) is 3.58. The van der Waals surface area contributed by atoms with E-state index in [0.29, 0.717) is 17.4 Å². The normalized spacial score (nSPS) is 11.8. The molecule has 0 bridgehead atoms. The lowest BCUT2D eigenvalue weighted by Crippen LogP contribution is -2.14. The maximum Gasteiger partial charge on any atom is 0.357 e. The van der Waals surface area contributed by atoms with Crippen LogP contribution in [0.5, 0.6) is 0 Å². The second kappa shape index (κ2) is 9.65. The summed E-state index contributed by atoms with van der Waals surface area (Å²) in [6.07, 6.45) is 0.757. The van der Waals surface area contributed by atoms with Crippen molar-refractivity contribution in [2.75, 3.05) is 11.9 Å². The minimum atomic E-state index is -0.401. The Kier molecular flexibility index (Phi) is 6.51. The number of carbonyl (C=O) groups is 1. The molecule has 0 aliphatic heterocycles. The molecule has 0 radical (unpaired) electrons. The third-order valence-corrected chi connectivity index (χ3v) is 6.15. The van der Waals surface area contributed by atoms with Crippen LogP contribution < -0.4 is 5.32 Å². The van der Waals surface area contributed by atoms with Crippen LogP contribution in [0.25, 0.3) is 10.6 Å². The Hall–Kier alpha value is -3.03. The van der Waals surface area contributed by atoms with Gasteiger partial charge in [-0.1, -0.05) is 60.7 Å². The first-order chi connectivity index (χ1) is 14.7. The van der Waals surface area contributed by atoms with Crippen LogP contribution in [0.1, 0.15) is 34.7 Å². The Labute approximate surface area is 183 Å². The summed E-state index contributed by atoms with van der Waals surface area (Å²) in [6.45, 7) is 2.11. The van der Waals surface area contributed by atoms with Crippen molar-refractivity contribution in [3.05, 3.63) is 88.4 Å². The van der Waals surface area contributed by atoms with Crippen LogP contribution in [0.3, 0.4) is 0 Å². The minimum absolute atomic E-state index is 0.0673. The lowest BCUT2D eigenvalue weighted by Gasteiger charge is -2.16. The largest absolute Gasteiger partial charge is 0.461 e. The Balaban J connectivity index is 1.59. The van der Waals surface area contributed by atoms with Gasteiger partial charge in [-0.05, 0) is 18.9 Å². The van der Waals surface area contributed by atoms with Crippen LogP contribution in [0.4, 0.5) is 5.13 Å². The van der Waals surface area contributed by atoms with Crippen molar-refractivity contribution >= 4 is 33.8 Å². The lowest BCUT2D eigenvalue weighted by molar-refractivity contribution is 0.0520.